The monoisotopic (exact) mass is 461 g/mol. The van der Waals surface area contributed by atoms with Crippen LogP contribution in [0.15, 0.2) is 36.4 Å². The molecule has 1 unspecified atom stereocenters. The van der Waals surface area contributed by atoms with Crippen molar-refractivity contribution < 1.29 is 19.4 Å². The number of nitrogens with one attached hydrogen (secondary N) is 1. The number of benzene rings is 2. The number of aliphatic hydroxyl groups excluding tert-OH is 1. The summed E-state index contributed by atoms with van der Waals surface area (Å²) < 4.78 is 11.0. The zero-order valence-electron chi connectivity index (χ0n) is 17.2. The third-order valence-electron chi connectivity index (χ3n) is 5.53. The van der Waals surface area contributed by atoms with Crippen LogP contribution in [-0.2, 0) is 4.79 Å². The van der Waals surface area contributed by atoms with E-state index in [1.807, 2.05) is 18.2 Å². The van der Waals surface area contributed by atoms with E-state index in [2.05, 4.69) is 11.2 Å². The van der Waals surface area contributed by atoms with Gasteiger partial charge in [0.1, 0.15) is 6.61 Å². The molecule has 1 amide bonds. The highest BCUT2D eigenvalue weighted by Gasteiger charge is 2.30. The maximum atomic E-state index is 12.8. The van der Waals surface area contributed by atoms with E-state index in [0.717, 1.165) is 31.2 Å². The normalized spacial score (nSPS) is 19.2. The van der Waals surface area contributed by atoms with E-state index in [1.54, 1.807) is 19.2 Å². The molecule has 31 heavy (non-hydrogen) atoms. The number of hydrogen-bond acceptors (Lipinski definition) is 4. The Morgan fingerprint density at radius 3 is 2.68 bits per heavy atom. The zero-order chi connectivity index (χ0) is 22.4. The van der Waals surface area contributed by atoms with Gasteiger partial charge >= 0.3 is 0 Å². The second-order valence-electron chi connectivity index (χ2n) is 7.49. The summed E-state index contributed by atoms with van der Waals surface area (Å²) >= 11 is 12.0. The topological polar surface area (TPSA) is 67.8 Å². The summed E-state index contributed by atoms with van der Waals surface area (Å²) in [4.78, 5) is 12.8. The molecule has 0 aliphatic heterocycles. The first-order chi connectivity index (χ1) is 14.9. The second-order valence-corrected chi connectivity index (χ2v) is 8.30. The molecule has 0 radical (unpaired) electrons. The van der Waals surface area contributed by atoms with E-state index in [-0.39, 0.29) is 18.6 Å². The Morgan fingerprint density at radius 2 is 1.97 bits per heavy atom. The predicted molar refractivity (Wildman–Crippen MR) is 122 cm³/mol. The highest BCUT2D eigenvalue weighted by Crippen LogP contribution is 2.38. The van der Waals surface area contributed by atoms with Crippen LogP contribution in [0.25, 0.3) is 0 Å². The van der Waals surface area contributed by atoms with Gasteiger partial charge in [0.05, 0.1) is 17.2 Å². The van der Waals surface area contributed by atoms with Crippen LogP contribution in [0, 0.1) is 12.3 Å². The Morgan fingerprint density at radius 1 is 1.19 bits per heavy atom. The third-order valence-corrected chi connectivity index (χ3v) is 6.27. The van der Waals surface area contributed by atoms with E-state index in [9.17, 15) is 9.90 Å². The van der Waals surface area contributed by atoms with E-state index >= 15 is 0 Å². The van der Waals surface area contributed by atoms with E-state index in [0.29, 0.717) is 27.1 Å². The molecule has 1 aliphatic rings. The van der Waals surface area contributed by atoms with Gasteiger partial charge in [-0.05, 0) is 48.2 Å². The van der Waals surface area contributed by atoms with E-state index in [1.165, 1.54) is 6.07 Å². The Balaban J connectivity index is 1.76. The van der Waals surface area contributed by atoms with Crippen molar-refractivity contribution in [2.45, 2.75) is 43.7 Å². The maximum Gasteiger partial charge on any atom is 0.253 e. The summed E-state index contributed by atoms with van der Waals surface area (Å²) in [5.41, 5.74) is 1.44. The number of rotatable bonds is 7. The summed E-state index contributed by atoms with van der Waals surface area (Å²) in [5, 5.41) is 14.2. The van der Waals surface area contributed by atoms with Crippen LogP contribution in [0.5, 0.6) is 11.5 Å². The molecule has 2 aromatic rings. The minimum atomic E-state index is -1.33. The molecule has 2 N–H and O–H groups in total. The summed E-state index contributed by atoms with van der Waals surface area (Å²) in [5.74, 6) is 3.25. The third kappa shape index (κ3) is 5.65. The van der Waals surface area contributed by atoms with Gasteiger partial charge in [-0.15, -0.1) is 6.42 Å². The number of amides is 1. The maximum absolute atomic E-state index is 12.8. The van der Waals surface area contributed by atoms with Crippen molar-refractivity contribution in [3.63, 3.8) is 0 Å². The molecule has 1 fully saturated rings. The van der Waals surface area contributed by atoms with Gasteiger partial charge in [-0.1, -0.05) is 54.1 Å². The smallest absolute Gasteiger partial charge is 0.253 e. The molecule has 0 spiro atoms. The Bertz CT molecular complexity index is 973. The molecule has 1 aliphatic carbocycles. The Labute approximate surface area is 192 Å². The molecule has 164 valence electrons. The number of aliphatic hydroxyl groups is 1. The highest BCUT2D eigenvalue weighted by atomic mass is 35.5. The van der Waals surface area contributed by atoms with Gasteiger partial charge in [0, 0.05) is 12.0 Å². The molecule has 0 heterocycles. The number of terminal acetylenes is 1. The molecule has 0 aromatic heterocycles. The van der Waals surface area contributed by atoms with Gasteiger partial charge in [-0.2, -0.15) is 0 Å². The molecular weight excluding hydrogens is 437 g/mol. The first-order valence-corrected chi connectivity index (χ1v) is 10.9. The van der Waals surface area contributed by atoms with Crippen molar-refractivity contribution >= 4 is 29.1 Å². The van der Waals surface area contributed by atoms with Crippen molar-refractivity contribution in [3.05, 3.63) is 57.6 Å². The molecule has 3 rings (SSSR count). The van der Waals surface area contributed by atoms with Gasteiger partial charge < -0.3 is 19.9 Å². The van der Waals surface area contributed by atoms with Gasteiger partial charge in [-0.3, -0.25) is 4.79 Å². The van der Waals surface area contributed by atoms with Gasteiger partial charge in [0.15, 0.2) is 17.6 Å². The van der Waals surface area contributed by atoms with Crippen LogP contribution < -0.4 is 14.8 Å². The fourth-order valence-electron chi connectivity index (χ4n) is 3.95. The summed E-state index contributed by atoms with van der Waals surface area (Å²) in [6.07, 6.45) is 7.75. The predicted octanol–water partition coefficient (Wildman–Crippen LogP) is 4.89. The van der Waals surface area contributed by atoms with Crippen LogP contribution in [0.1, 0.15) is 48.8 Å². The first-order valence-electron chi connectivity index (χ1n) is 10.1. The largest absolute Gasteiger partial charge is 0.493 e. The Kier molecular flexibility index (Phi) is 8.09. The van der Waals surface area contributed by atoms with Crippen molar-refractivity contribution in [1.29, 1.82) is 0 Å². The fourth-order valence-corrected chi connectivity index (χ4v) is 4.26. The highest BCUT2D eigenvalue weighted by molar-refractivity contribution is 6.42. The van der Waals surface area contributed by atoms with Crippen LogP contribution in [-0.4, -0.2) is 30.8 Å². The molecule has 2 aromatic carbocycles. The average molecular weight is 462 g/mol. The molecule has 3 atom stereocenters. The van der Waals surface area contributed by atoms with Crippen LogP contribution in [0.4, 0.5) is 0 Å². The molecule has 0 bridgehead atoms. The number of carbonyl (C=O) groups is 1. The summed E-state index contributed by atoms with van der Waals surface area (Å²) in [7, 11) is 1.58. The van der Waals surface area contributed by atoms with Gasteiger partial charge in [-0.25, -0.2) is 0 Å². The van der Waals surface area contributed by atoms with E-state index in [4.69, 9.17) is 39.1 Å². The number of methoxy groups -OCH3 is 1. The van der Waals surface area contributed by atoms with Crippen LogP contribution in [0.3, 0.4) is 0 Å². The molecular formula is C24H25Cl2NO4. The van der Waals surface area contributed by atoms with Crippen molar-refractivity contribution in [1.82, 2.24) is 5.32 Å². The fraction of sp³-hybridized carbons (Fsp3) is 0.375. The number of ether oxygens (including phenoxy) is 2. The zero-order valence-corrected chi connectivity index (χ0v) is 18.7. The molecule has 0 saturated heterocycles. The SMILES string of the molecule is C#CCOc1ccc([C@@H]2CCCC[C@H]2NC(=O)C(O)c2ccc(Cl)c(Cl)c2)cc1OC. The van der Waals surface area contributed by atoms with E-state index < -0.39 is 12.0 Å². The van der Waals surface area contributed by atoms with Crippen molar-refractivity contribution in [2.24, 2.45) is 0 Å². The quantitative estimate of drug-likeness (QED) is 0.575. The Hall–Kier alpha value is -2.39. The standard InChI is InChI=1S/C24H25Cl2NO4/c1-3-12-31-21-11-9-15(14-22(21)30-2)17-6-4-5-7-20(17)27-24(29)23(28)16-8-10-18(25)19(26)13-16/h1,8-11,13-14,17,20,23,28H,4-7,12H2,2H3,(H,27,29)/t17-,20+,23?/m0/s1. The molecule has 7 heteroatoms. The number of hydrogen-bond donors (Lipinski definition) is 2. The summed E-state index contributed by atoms with van der Waals surface area (Å²) in [6.45, 7) is 0.157. The number of halogens is 2. The van der Waals surface area contributed by atoms with Gasteiger partial charge in [0.25, 0.3) is 5.91 Å². The van der Waals surface area contributed by atoms with Gasteiger partial charge in [0.2, 0.25) is 0 Å². The van der Waals surface area contributed by atoms with Crippen LogP contribution in [0.2, 0.25) is 10.0 Å². The average Bonchev–Trinajstić information content (AvgIpc) is 2.79. The lowest BCUT2D eigenvalue weighted by Gasteiger charge is -2.33. The van der Waals surface area contributed by atoms with Crippen molar-refractivity contribution in [2.75, 3.05) is 13.7 Å². The first kappa shape index (κ1) is 23.3. The van der Waals surface area contributed by atoms with Crippen molar-refractivity contribution in [3.8, 4) is 23.8 Å². The molecule has 1 saturated carbocycles. The lowest BCUT2D eigenvalue weighted by Crippen LogP contribution is -2.43. The lowest BCUT2D eigenvalue weighted by atomic mass is 9.79. The minimum absolute atomic E-state index is 0.0919. The van der Waals surface area contributed by atoms with Crippen LogP contribution >= 0.6 is 23.2 Å². The number of carbonyl (C=O) groups excluding carboxylic acids is 1. The summed E-state index contributed by atoms with van der Waals surface area (Å²) in [6, 6.07) is 10.3. The minimum Gasteiger partial charge on any atom is -0.493 e. The second kappa shape index (κ2) is 10.8. The molecule has 5 nitrogen and oxygen atoms in total. The lowest BCUT2D eigenvalue weighted by molar-refractivity contribution is -0.130.